The summed E-state index contributed by atoms with van der Waals surface area (Å²) in [5.41, 5.74) is 1.65. The molecule has 14 heavy (non-hydrogen) atoms. The smallest absolute Gasteiger partial charge is 0.263 e. The molecule has 1 aliphatic carbocycles. The monoisotopic (exact) mass is 212 g/mol. The SMILES string of the molecule is O=C(NC1CC(CO)C1)c1cncs1. The summed E-state index contributed by atoms with van der Waals surface area (Å²) in [6.07, 6.45) is 3.35. The van der Waals surface area contributed by atoms with Crippen LogP contribution >= 0.6 is 11.3 Å². The Bertz CT molecular complexity index is 307. The summed E-state index contributed by atoms with van der Waals surface area (Å²) < 4.78 is 0. The van der Waals surface area contributed by atoms with Crippen molar-refractivity contribution in [3.8, 4) is 0 Å². The predicted octanol–water partition coefficient (Wildman–Crippen LogP) is 0.644. The van der Waals surface area contributed by atoms with Crippen molar-refractivity contribution in [1.29, 1.82) is 0 Å². The van der Waals surface area contributed by atoms with E-state index in [0.29, 0.717) is 10.8 Å². The van der Waals surface area contributed by atoms with E-state index >= 15 is 0 Å². The van der Waals surface area contributed by atoms with Gasteiger partial charge in [-0.1, -0.05) is 0 Å². The zero-order valence-electron chi connectivity index (χ0n) is 7.64. The van der Waals surface area contributed by atoms with Gasteiger partial charge in [0, 0.05) is 12.6 Å². The number of hydrogen-bond donors (Lipinski definition) is 2. The molecule has 1 aromatic rings. The Balaban J connectivity index is 1.80. The van der Waals surface area contributed by atoms with Crippen LogP contribution in [0.15, 0.2) is 11.7 Å². The largest absolute Gasteiger partial charge is 0.396 e. The number of carbonyl (C=O) groups is 1. The van der Waals surface area contributed by atoms with Gasteiger partial charge in [-0.25, -0.2) is 0 Å². The second-order valence-electron chi connectivity index (χ2n) is 3.56. The fraction of sp³-hybridized carbons (Fsp3) is 0.556. The Labute approximate surface area is 86.0 Å². The van der Waals surface area contributed by atoms with Crippen LogP contribution < -0.4 is 5.32 Å². The van der Waals surface area contributed by atoms with Crippen LogP contribution in [-0.4, -0.2) is 28.6 Å². The molecule has 1 aromatic heterocycles. The molecule has 0 unspecified atom stereocenters. The van der Waals surface area contributed by atoms with E-state index in [2.05, 4.69) is 10.3 Å². The fourth-order valence-corrected chi connectivity index (χ4v) is 2.11. The van der Waals surface area contributed by atoms with Crippen molar-refractivity contribution < 1.29 is 9.90 Å². The third kappa shape index (κ3) is 1.93. The average molecular weight is 212 g/mol. The Morgan fingerprint density at radius 1 is 1.71 bits per heavy atom. The number of nitrogens with zero attached hydrogens (tertiary/aromatic N) is 1. The lowest BCUT2D eigenvalue weighted by Gasteiger charge is -2.34. The molecule has 0 bridgehead atoms. The first kappa shape index (κ1) is 9.61. The number of thiazole rings is 1. The minimum absolute atomic E-state index is 0.0473. The fourth-order valence-electron chi connectivity index (χ4n) is 1.59. The van der Waals surface area contributed by atoms with E-state index in [1.165, 1.54) is 11.3 Å². The topological polar surface area (TPSA) is 62.2 Å². The van der Waals surface area contributed by atoms with Gasteiger partial charge < -0.3 is 10.4 Å². The lowest BCUT2D eigenvalue weighted by Crippen LogP contribution is -2.45. The van der Waals surface area contributed by atoms with Crippen LogP contribution in [0.5, 0.6) is 0 Å². The Morgan fingerprint density at radius 3 is 3.07 bits per heavy atom. The molecule has 0 atom stereocenters. The molecular formula is C9H12N2O2S. The minimum Gasteiger partial charge on any atom is -0.396 e. The predicted molar refractivity (Wildman–Crippen MR) is 53.2 cm³/mol. The quantitative estimate of drug-likeness (QED) is 0.773. The summed E-state index contributed by atoms with van der Waals surface area (Å²) in [4.78, 5) is 16.0. The van der Waals surface area contributed by atoms with Gasteiger partial charge in [-0.15, -0.1) is 11.3 Å². The summed E-state index contributed by atoms with van der Waals surface area (Å²) in [6.45, 7) is 0.229. The zero-order valence-corrected chi connectivity index (χ0v) is 8.46. The van der Waals surface area contributed by atoms with Crippen LogP contribution in [0, 0.1) is 5.92 Å². The summed E-state index contributed by atoms with van der Waals surface area (Å²) in [7, 11) is 0. The second kappa shape index (κ2) is 4.06. The lowest BCUT2D eigenvalue weighted by atomic mass is 9.81. The van der Waals surface area contributed by atoms with Gasteiger partial charge in [0.15, 0.2) is 0 Å². The van der Waals surface area contributed by atoms with E-state index < -0.39 is 0 Å². The molecule has 0 spiro atoms. The maximum atomic E-state index is 11.5. The first-order valence-corrected chi connectivity index (χ1v) is 5.47. The number of hydrogen-bond acceptors (Lipinski definition) is 4. The number of aliphatic hydroxyl groups is 1. The maximum absolute atomic E-state index is 11.5. The van der Waals surface area contributed by atoms with Crippen molar-refractivity contribution in [3.05, 3.63) is 16.6 Å². The highest BCUT2D eigenvalue weighted by Gasteiger charge is 2.29. The molecule has 1 amide bonds. The molecule has 1 aliphatic rings. The number of aromatic nitrogens is 1. The molecule has 5 heteroatoms. The van der Waals surface area contributed by atoms with Crippen LogP contribution in [0.3, 0.4) is 0 Å². The van der Waals surface area contributed by atoms with Crippen molar-refractivity contribution in [2.24, 2.45) is 5.92 Å². The van der Waals surface area contributed by atoms with Crippen LogP contribution in [0.25, 0.3) is 0 Å². The van der Waals surface area contributed by atoms with Gasteiger partial charge >= 0.3 is 0 Å². The average Bonchev–Trinajstić information content (AvgIpc) is 2.62. The number of amides is 1. The molecule has 0 radical (unpaired) electrons. The van der Waals surface area contributed by atoms with Gasteiger partial charge in [0.25, 0.3) is 5.91 Å². The molecule has 0 aliphatic heterocycles. The molecular weight excluding hydrogens is 200 g/mol. The van der Waals surface area contributed by atoms with Gasteiger partial charge in [0.05, 0.1) is 11.7 Å². The first-order chi connectivity index (χ1) is 6.79. The third-order valence-electron chi connectivity index (χ3n) is 2.49. The standard InChI is InChI=1S/C9H12N2O2S/c12-4-6-1-7(2-6)11-9(13)8-3-10-5-14-8/h3,5-7,12H,1-2,4H2,(H,11,13). The molecule has 0 saturated heterocycles. The van der Waals surface area contributed by atoms with E-state index in [-0.39, 0.29) is 18.6 Å². The van der Waals surface area contributed by atoms with Crippen molar-refractivity contribution in [2.45, 2.75) is 18.9 Å². The Hall–Kier alpha value is -0.940. The third-order valence-corrected chi connectivity index (χ3v) is 3.26. The van der Waals surface area contributed by atoms with Gasteiger partial charge in [-0.3, -0.25) is 9.78 Å². The Kier molecular flexibility index (Phi) is 2.79. The highest BCUT2D eigenvalue weighted by atomic mass is 32.1. The second-order valence-corrected chi connectivity index (χ2v) is 4.44. The van der Waals surface area contributed by atoms with Gasteiger partial charge in [0.1, 0.15) is 4.88 Å². The van der Waals surface area contributed by atoms with Crippen LogP contribution in [0.2, 0.25) is 0 Å². The number of aliphatic hydroxyl groups excluding tert-OH is 1. The van der Waals surface area contributed by atoms with Crippen molar-refractivity contribution in [2.75, 3.05) is 6.61 Å². The number of carbonyl (C=O) groups excluding carboxylic acids is 1. The molecule has 76 valence electrons. The van der Waals surface area contributed by atoms with Crippen molar-refractivity contribution >= 4 is 17.2 Å². The zero-order chi connectivity index (χ0) is 9.97. The summed E-state index contributed by atoms with van der Waals surface area (Å²) in [5.74, 6) is 0.329. The molecule has 2 N–H and O–H groups in total. The summed E-state index contributed by atoms with van der Waals surface area (Å²) in [5, 5.41) is 11.7. The number of nitrogens with one attached hydrogen (secondary N) is 1. The van der Waals surface area contributed by atoms with Crippen LogP contribution in [0.1, 0.15) is 22.5 Å². The van der Waals surface area contributed by atoms with Gasteiger partial charge in [-0.2, -0.15) is 0 Å². The first-order valence-electron chi connectivity index (χ1n) is 4.60. The van der Waals surface area contributed by atoms with Crippen molar-refractivity contribution in [3.63, 3.8) is 0 Å². The summed E-state index contributed by atoms with van der Waals surface area (Å²) in [6, 6.07) is 0.238. The molecule has 0 aromatic carbocycles. The van der Waals surface area contributed by atoms with E-state index in [0.717, 1.165) is 12.8 Å². The minimum atomic E-state index is -0.0473. The molecule has 1 heterocycles. The molecule has 2 rings (SSSR count). The van der Waals surface area contributed by atoms with Crippen LogP contribution in [-0.2, 0) is 0 Å². The van der Waals surface area contributed by atoms with Crippen molar-refractivity contribution in [1.82, 2.24) is 10.3 Å². The van der Waals surface area contributed by atoms with Gasteiger partial charge in [-0.05, 0) is 18.8 Å². The van der Waals surface area contributed by atoms with Crippen LogP contribution in [0.4, 0.5) is 0 Å². The molecule has 1 saturated carbocycles. The van der Waals surface area contributed by atoms with E-state index in [4.69, 9.17) is 5.11 Å². The molecule has 4 nitrogen and oxygen atoms in total. The number of rotatable bonds is 3. The summed E-state index contributed by atoms with van der Waals surface area (Å²) >= 11 is 1.34. The van der Waals surface area contributed by atoms with E-state index in [1.807, 2.05) is 0 Å². The van der Waals surface area contributed by atoms with Gasteiger partial charge in [0.2, 0.25) is 0 Å². The highest BCUT2D eigenvalue weighted by Crippen LogP contribution is 2.26. The maximum Gasteiger partial charge on any atom is 0.263 e. The van der Waals surface area contributed by atoms with E-state index in [9.17, 15) is 4.79 Å². The van der Waals surface area contributed by atoms with E-state index in [1.54, 1.807) is 11.7 Å². The molecule has 1 fully saturated rings. The Morgan fingerprint density at radius 2 is 2.50 bits per heavy atom. The highest BCUT2D eigenvalue weighted by molar-refractivity contribution is 7.11. The lowest BCUT2D eigenvalue weighted by molar-refractivity contribution is 0.0836. The normalized spacial score (nSPS) is 25.5.